The molecule has 0 fully saturated rings. The number of methoxy groups -OCH3 is 1. The highest BCUT2D eigenvalue weighted by atomic mass is 79.9. The lowest BCUT2D eigenvalue weighted by Gasteiger charge is -2.12. The van der Waals surface area contributed by atoms with Crippen molar-refractivity contribution in [3.8, 4) is 5.75 Å². The smallest absolute Gasteiger partial charge is 0.339 e. The van der Waals surface area contributed by atoms with Crippen molar-refractivity contribution in [1.29, 1.82) is 0 Å². The van der Waals surface area contributed by atoms with Crippen molar-refractivity contribution in [2.24, 2.45) is 0 Å². The molecule has 0 atom stereocenters. The van der Waals surface area contributed by atoms with Crippen molar-refractivity contribution < 1.29 is 23.1 Å². The van der Waals surface area contributed by atoms with Crippen LogP contribution in [-0.4, -0.2) is 32.4 Å². The van der Waals surface area contributed by atoms with Crippen LogP contribution in [0.25, 0.3) is 0 Å². The van der Waals surface area contributed by atoms with E-state index in [-0.39, 0.29) is 31.5 Å². The maximum absolute atomic E-state index is 12.1. The molecule has 0 heterocycles. The Morgan fingerprint density at radius 3 is 2.53 bits per heavy atom. The molecular weight excluding hydrogens is 360 g/mol. The number of hydrogen-bond acceptors (Lipinski definition) is 4. The predicted octanol–water partition coefficient (Wildman–Crippen LogP) is 2.73. The Bertz CT molecular complexity index is 639. The molecule has 1 N–H and O–H groups in total. The third kappa shape index (κ3) is 3.71. The lowest BCUT2D eigenvalue weighted by molar-refractivity contribution is 0.0693. The first-order chi connectivity index (χ1) is 8.69. The van der Waals surface area contributed by atoms with Crippen LogP contribution in [0.5, 0.6) is 5.75 Å². The van der Waals surface area contributed by atoms with Crippen LogP contribution in [0, 0.1) is 0 Å². The number of rotatable bonds is 5. The zero-order valence-corrected chi connectivity index (χ0v) is 13.0. The third-order valence-electron chi connectivity index (χ3n) is 2.14. The van der Waals surface area contributed by atoms with Gasteiger partial charge in [-0.1, -0.05) is 34.1 Å². The second kappa shape index (κ2) is 5.94. The number of carboxylic acid groups (broad SMARTS) is 1. The number of ether oxygens (including phenoxy) is 1. The molecule has 0 saturated carbocycles. The number of halogens is 2. The first-order valence-electron chi connectivity index (χ1n) is 4.86. The van der Waals surface area contributed by atoms with Gasteiger partial charge >= 0.3 is 5.97 Å². The molecule has 0 aliphatic carbocycles. The van der Waals surface area contributed by atoms with E-state index in [0.29, 0.717) is 0 Å². The van der Waals surface area contributed by atoms with Crippen LogP contribution in [-0.2, 0) is 9.84 Å². The average Bonchev–Trinajstić information content (AvgIpc) is 2.25. The summed E-state index contributed by atoms with van der Waals surface area (Å²) in [5.41, 5.74) is -0.311. The van der Waals surface area contributed by atoms with Gasteiger partial charge in [-0.25, -0.2) is 13.2 Å². The van der Waals surface area contributed by atoms with Crippen LogP contribution in [0.3, 0.4) is 0 Å². The van der Waals surface area contributed by atoms with E-state index in [9.17, 15) is 13.2 Å². The molecular formula is C11H10BrClO5S. The van der Waals surface area contributed by atoms with Gasteiger partial charge in [0.2, 0.25) is 0 Å². The molecule has 0 radical (unpaired) electrons. The Hall–Kier alpha value is -1.05. The third-order valence-corrected chi connectivity index (χ3v) is 4.71. The minimum atomic E-state index is -3.80. The van der Waals surface area contributed by atoms with Gasteiger partial charge in [0.05, 0.1) is 12.9 Å². The number of sulfone groups is 1. The van der Waals surface area contributed by atoms with Crippen molar-refractivity contribution in [1.82, 2.24) is 0 Å². The van der Waals surface area contributed by atoms with E-state index >= 15 is 0 Å². The fourth-order valence-corrected chi connectivity index (χ4v) is 3.99. The molecule has 0 unspecified atom stereocenters. The van der Waals surface area contributed by atoms with Gasteiger partial charge < -0.3 is 9.84 Å². The molecule has 1 rings (SSSR count). The minimum Gasteiger partial charge on any atom is -0.494 e. The summed E-state index contributed by atoms with van der Waals surface area (Å²) in [7, 11) is -2.61. The SMILES string of the molecule is C=C(Br)CS(=O)(=O)c1cc(Cl)cc(C(=O)O)c1OC. The minimum absolute atomic E-state index is 0.00282. The lowest BCUT2D eigenvalue weighted by atomic mass is 10.2. The summed E-state index contributed by atoms with van der Waals surface area (Å²) in [6, 6.07) is 2.28. The Balaban J connectivity index is 3.59. The first kappa shape index (κ1) is 16.0. The average molecular weight is 370 g/mol. The van der Waals surface area contributed by atoms with E-state index in [0.717, 1.165) is 12.1 Å². The summed E-state index contributed by atoms with van der Waals surface area (Å²) in [5, 5.41) is 9.03. The topological polar surface area (TPSA) is 80.7 Å². The predicted molar refractivity (Wildman–Crippen MR) is 75.1 cm³/mol. The van der Waals surface area contributed by atoms with Crippen molar-refractivity contribution in [2.45, 2.75) is 4.90 Å². The van der Waals surface area contributed by atoms with Crippen molar-refractivity contribution in [3.05, 3.63) is 33.8 Å². The molecule has 0 spiro atoms. The number of carboxylic acids is 1. The molecule has 0 aromatic heterocycles. The van der Waals surface area contributed by atoms with Gasteiger partial charge in [0, 0.05) is 9.51 Å². The fraction of sp³-hybridized carbons (Fsp3) is 0.182. The molecule has 8 heteroatoms. The van der Waals surface area contributed by atoms with E-state index in [2.05, 4.69) is 22.5 Å². The van der Waals surface area contributed by atoms with E-state index in [4.69, 9.17) is 21.4 Å². The van der Waals surface area contributed by atoms with Crippen LogP contribution in [0.15, 0.2) is 28.1 Å². The zero-order valence-electron chi connectivity index (χ0n) is 9.81. The van der Waals surface area contributed by atoms with Gasteiger partial charge in [0.25, 0.3) is 0 Å². The molecule has 0 bridgehead atoms. The number of benzene rings is 1. The van der Waals surface area contributed by atoms with E-state index in [1.54, 1.807) is 0 Å². The molecule has 0 aliphatic rings. The molecule has 0 amide bonds. The Labute approximate surface area is 123 Å². The second-order valence-electron chi connectivity index (χ2n) is 3.57. The van der Waals surface area contributed by atoms with Crippen LogP contribution in [0.2, 0.25) is 5.02 Å². The number of carbonyl (C=O) groups is 1. The van der Waals surface area contributed by atoms with Gasteiger partial charge in [0.1, 0.15) is 10.5 Å². The highest BCUT2D eigenvalue weighted by Gasteiger charge is 2.26. The van der Waals surface area contributed by atoms with Gasteiger partial charge in [0.15, 0.2) is 15.6 Å². The van der Waals surface area contributed by atoms with Gasteiger partial charge in [-0.05, 0) is 12.1 Å². The summed E-state index contributed by atoms with van der Waals surface area (Å²) < 4.78 is 29.4. The highest BCUT2D eigenvalue weighted by Crippen LogP contribution is 2.33. The maximum Gasteiger partial charge on any atom is 0.339 e. The molecule has 1 aromatic carbocycles. The largest absolute Gasteiger partial charge is 0.494 e. The summed E-state index contributed by atoms with van der Waals surface area (Å²) in [4.78, 5) is 10.8. The van der Waals surface area contributed by atoms with Crippen LogP contribution in [0.1, 0.15) is 10.4 Å². The number of aromatic carboxylic acids is 1. The maximum atomic E-state index is 12.1. The zero-order chi connectivity index (χ0) is 14.8. The quantitative estimate of drug-likeness (QED) is 0.863. The van der Waals surface area contributed by atoms with Crippen LogP contribution >= 0.6 is 27.5 Å². The molecule has 1 aromatic rings. The van der Waals surface area contributed by atoms with Gasteiger partial charge in [-0.3, -0.25) is 0 Å². The fourth-order valence-electron chi connectivity index (χ4n) is 1.45. The normalized spacial score (nSPS) is 11.1. The Morgan fingerprint density at radius 1 is 1.53 bits per heavy atom. The molecule has 104 valence electrons. The highest BCUT2D eigenvalue weighted by molar-refractivity contribution is 9.11. The van der Waals surface area contributed by atoms with Crippen molar-refractivity contribution in [2.75, 3.05) is 12.9 Å². The van der Waals surface area contributed by atoms with Crippen LogP contribution < -0.4 is 4.74 Å². The summed E-state index contributed by atoms with van der Waals surface area (Å²) in [5.74, 6) is -1.96. The monoisotopic (exact) mass is 368 g/mol. The van der Waals surface area contributed by atoms with Gasteiger partial charge in [-0.2, -0.15) is 0 Å². The first-order valence-corrected chi connectivity index (χ1v) is 7.68. The van der Waals surface area contributed by atoms with E-state index < -0.39 is 15.8 Å². The summed E-state index contributed by atoms with van der Waals surface area (Å²) >= 11 is 8.70. The van der Waals surface area contributed by atoms with Crippen LogP contribution in [0.4, 0.5) is 0 Å². The van der Waals surface area contributed by atoms with Crippen molar-refractivity contribution >= 4 is 43.3 Å². The van der Waals surface area contributed by atoms with E-state index in [1.165, 1.54) is 7.11 Å². The standard InChI is InChI=1S/C11H10BrClO5S/c1-6(12)5-19(16,17)9-4-7(13)3-8(11(14)15)10(9)18-2/h3-4H,1,5H2,2H3,(H,14,15). The number of hydrogen-bond donors (Lipinski definition) is 1. The molecule has 0 saturated heterocycles. The summed E-state index contributed by atoms with van der Waals surface area (Å²) in [6.07, 6.45) is 0. The molecule has 5 nitrogen and oxygen atoms in total. The van der Waals surface area contributed by atoms with Crippen molar-refractivity contribution in [3.63, 3.8) is 0 Å². The van der Waals surface area contributed by atoms with Gasteiger partial charge in [-0.15, -0.1) is 0 Å². The Morgan fingerprint density at radius 2 is 2.11 bits per heavy atom. The second-order valence-corrected chi connectivity index (χ2v) is 7.08. The molecule has 19 heavy (non-hydrogen) atoms. The lowest BCUT2D eigenvalue weighted by Crippen LogP contribution is -2.11. The van der Waals surface area contributed by atoms with E-state index in [1.807, 2.05) is 0 Å². The Kier molecular flexibility index (Phi) is 5.00. The summed E-state index contributed by atoms with van der Waals surface area (Å²) in [6.45, 7) is 3.45. The molecule has 0 aliphatic heterocycles.